The number of nitrogens with zero attached hydrogens (tertiary/aromatic N) is 2. The number of H-pyrrole nitrogens is 1. The molecule has 0 saturated heterocycles. The molecule has 2 rings (SSSR count). The summed E-state index contributed by atoms with van der Waals surface area (Å²) in [5, 5.41) is 6.23. The van der Waals surface area contributed by atoms with Gasteiger partial charge in [0.25, 0.3) is 0 Å². The summed E-state index contributed by atoms with van der Waals surface area (Å²) < 4.78 is 6.65. The minimum atomic E-state index is -0.267. The largest absolute Gasteiger partial charge is 0.495 e. The van der Waals surface area contributed by atoms with E-state index in [-0.39, 0.29) is 5.69 Å². The van der Waals surface area contributed by atoms with Crippen LogP contribution in [0.4, 0.5) is 0 Å². The van der Waals surface area contributed by atoms with Gasteiger partial charge in [-0.15, -0.1) is 0 Å². The number of aromatic amines is 1. The number of rotatable bonds is 2. The first kappa shape index (κ1) is 9.51. The Hall–Kier alpha value is -2.04. The summed E-state index contributed by atoms with van der Waals surface area (Å²) in [6.45, 7) is 1.75. The van der Waals surface area contributed by atoms with Crippen molar-refractivity contribution in [1.82, 2.24) is 14.8 Å². The molecule has 0 saturated carbocycles. The van der Waals surface area contributed by atoms with Gasteiger partial charge in [-0.1, -0.05) is 12.1 Å². The van der Waals surface area contributed by atoms with E-state index >= 15 is 0 Å². The lowest BCUT2D eigenvalue weighted by molar-refractivity contribution is 0.412. The Kier molecular flexibility index (Phi) is 2.29. The van der Waals surface area contributed by atoms with E-state index in [1.807, 2.05) is 18.2 Å². The molecule has 0 atom stereocenters. The van der Waals surface area contributed by atoms with E-state index in [2.05, 4.69) is 10.2 Å². The number of hydrogen-bond acceptors (Lipinski definition) is 3. The molecule has 0 bridgehead atoms. The van der Waals surface area contributed by atoms with Gasteiger partial charge in [-0.3, -0.25) is 0 Å². The maximum atomic E-state index is 11.5. The third-order valence-corrected chi connectivity index (χ3v) is 2.17. The molecule has 0 aliphatic carbocycles. The van der Waals surface area contributed by atoms with Gasteiger partial charge in [0.05, 0.1) is 12.8 Å². The molecule has 5 heteroatoms. The van der Waals surface area contributed by atoms with Gasteiger partial charge in [-0.25, -0.2) is 14.5 Å². The Balaban J connectivity index is 2.69. The average molecular weight is 205 g/mol. The first-order valence-electron chi connectivity index (χ1n) is 4.51. The molecule has 78 valence electrons. The lowest BCUT2D eigenvalue weighted by atomic mass is 10.3. The lowest BCUT2D eigenvalue weighted by Crippen LogP contribution is -2.16. The van der Waals surface area contributed by atoms with Crippen LogP contribution in [0.2, 0.25) is 0 Å². The smallest absolute Gasteiger partial charge is 0.348 e. The molecule has 1 aromatic heterocycles. The number of hydrogen-bond donors (Lipinski definition) is 1. The van der Waals surface area contributed by atoms with Crippen LogP contribution < -0.4 is 10.4 Å². The second kappa shape index (κ2) is 3.61. The van der Waals surface area contributed by atoms with Crippen LogP contribution in [-0.2, 0) is 0 Å². The summed E-state index contributed by atoms with van der Waals surface area (Å²) in [4.78, 5) is 11.5. The fourth-order valence-corrected chi connectivity index (χ4v) is 1.47. The number of nitrogens with one attached hydrogen (secondary N) is 1. The van der Waals surface area contributed by atoms with Crippen molar-refractivity contribution in [2.24, 2.45) is 0 Å². The highest BCUT2D eigenvalue weighted by Gasteiger charge is 2.10. The summed E-state index contributed by atoms with van der Waals surface area (Å²) in [6.07, 6.45) is 0. The molecule has 1 N–H and O–H groups in total. The highest BCUT2D eigenvalue weighted by atomic mass is 16.5. The molecule has 0 amide bonds. The highest BCUT2D eigenvalue weighted by molar-refractivity contribution is 5.46. The first-order valence-corrected chi connectivity index (χ1v) is 4.51. The summed E-state index contributed by atoms with van der Waals surface area (Å²) in [6, 6.07) is 7.30. The van der Waals surface area contributed by atoms with Crippen molar-refractivity contribution in [1.29, 1.82) is 0 Å². The normalized spacial score (nSPS) is 10.3. The summed E-state index contributed by atoms with van der Waals surface area (Å²) >= 11 is 0. The molecule has 2 aromatic rings. The van der Waals surface area contributed by atoms with Crippen LogP contribution in [-0.4, -0.2) is 21.9 Å². The Morgan fingerprint density at radius 1 is 1.40 bits per heavy atom. The molecule has 5 nitrogen and oxygen atoms in total. The molecule has 0 fully saturated rings. The molecular formula is C10H11N3O2. The van der Waals surface area contributed by atoms with Gasteiger partial charge < -0.3 is 4.74 Å². The zero-order chi connectivity index (χ0) is 10.8. The maximum Gasteiger partial charge on any atom is 0.348 e. The summed E-state index contributed by atoms with van der Waals surface area (Å²) in [5.41, 5.74) is 0.424. The van der Waals surface area contributed by atoms with Crippen LogP contribution in [0.25, 0.3) is 5.69 Å². The number of benzene rings is 1. The van der Waals surface area contributed by atoms with Crippen molar-refractivity contribution in [3.8, 4) is 11.4 Å². The van der Waals surface area contributed by atoms with Crippen LogP contribution >= 0.6 is 0 Å². The van der Waals surface area contributed by atoms with E-state index in [0.717, 1.165) is 0 Å². The highest BCUT2D eigenvalue weighted by Crippen LogP contribution is 2.20. The minimum absolute atomic E-state index is 0.267. The second-order valence-corrected chi connectivity index (χ2v) is 3.08. The molecule has 0 radical (unpaired) electrons. The van der Waals surface area contributed by atoms with Crippen LogP contribution in [0.1, 0.15) is 5.82 Å². The minimum Gasteiger partial charge on any atom is -0.495 e. The van der Waals surface area contributed by atoms with E-state index in [0.29, 0.717) is 17.3 Å². The van der Waals surface area contributed by atoms with Crippen molar-refractivity contribution in [2.75, 3.05) is 7.11 Å². The Morgan fingerprint density at radius 3 is 2.73 bits per heavy atom. The quantitative estimate of drug-likeness (QED) is 0.791. The van der Waals surface area contributed by atoms with Gasteiger partial charge >= 0.3 is 5.69 Å². The predicted octanol–water partition coefficient (Wildman–Crippen LogP) is 0.878. The Bertz CT molecular complexity index is 527. The van der Waals surface area contributed by atoms with Crippen LogP contribution in [0.15, 0.2) is 29.1 Å². The molecule has 0 aliphatic heterocycles. The van der Waals surface area contributed by atoms with Crippen molar-refractivity contribution in [3.05, 3.63) is 40.6 Å². The third-order valence-electron chi connectivity index (χ3n) is 2.17. The van der Waals surface area contributed by atoms with Crippen molar-refractivity contribution in [3.63, 3.8) is 0 Å². The molecule has 15 heavy (non-hydrogen) atoms. The molecule has 1 heterocycles. The second-order valence-electron chi connectivity index (χ2n) is 3.08. The molecular weight excluding hydrogens is 194 g/mol. The molecule has 0 spiro atoms. The first-order chi connectivity index (χ1) is 7.24. The van der Waals surface area contributed by atoms with Gasteiger partial charge in [0, 0.05) is 0 Å². The predicted molar refractivity (Wildman–Crippen MR) is 55.5 cm³/mol. The van der Waals surface area contributed by atoms with Crippen molar-refractivity contribution in [2.45, 2.75) is 6.92 Å². The zero-order valence-electron chi connectivity index (χ0n) is 8.52. The number of aromatic nitrogens is 3. The van der Waals surface area contributed by atoms with E-state index in [4.69, 9.17) is 4.74 Å². The zero-order valence-corrected chi connectivity index (χ0v) is 8.52. The van der Waals surface area contributed by atoms with Gasteiger partial charge in [-0.05, 0) is 19.1 Å². The number of para-hydroxylation sites is 2. The summed E-state index contributed by atoms with van der Waals surface area (Å²) in [5.74, 6) is 1.24. The Labute approximate surface area is 86.3 Å². The fourth-order valence-electron chi connectivity index (χ4n) is 1.47. The third kappa shape index (κ3) is 1.52. The molecule has 1 aromatic carbocycles. The molecule has 0 unspecified atom stereocenters. The van der Waals surface area contributed by atoms with E-state index in [1.54, 1.807) is 20.1 Å². The van der Waals surface area contributed by atoms with Crippen LogP contribution in [0.3, 0.4) is 0 Å². The number of aryl methyl sites for hydroxylation is 1. The van der Waals surface area contributed by atoms with Crippen LogP contribution in [0.5, 0.6) is 5.75 Å². The van der Waals surface area contributed by atoms with Crippen LogP contribution in [0, 0.1) is 6.92 Å². The van der Waals surface area contributed by atoms with Gasteiger partial charge in [0.2, 0.25) is 0 Å². The molecule has 0 aliphatic rings. The van der Waals surface area contributed by atoms with E-state index in [9.17, 15) is 4.79 Å². The van der Waals surface area contributed by atoms with Crippen molar-refractivity contribution >= 4 is 0 Å². The Morgan fingerprint density at radius 2 is 2.13 bits per heavy atom. The lowest BCUT2D eigenvalue weighted by Gasteiger charge is -2.08. The standard InChI is InChI=1S/C10H11N3O2/c1-7-11-12-10(14)13(7)8-5-3-4-6-9(8)15-2/h3-6H,1-2H3,(H,12,14). The van der Waals surface area contributed by atoms with Gasteiger partial charge in [-0.2, -0.15) is 5.10 Å². The van der Waals surface area contributed by atoms with Gasteiger partial charge in [0.1, 0.15) is 11.6 Å². The SMILES string of the molecule is COc1ccccc1-n1c(C)n[nH]c1=O. The monoisotopic (exact) mass is 205 g/mol. The van der Waals surface area contributed by atoms with Gasteiger partial charge in [0.15, 0.2) is 0 Å². The number of ether oxygens (including phenoxy) is 1. The summed E-state index contributed by atoms with van der Waals surface area (Å²) in [7, 11) is 1.57. The average Bonchev–Trinajstić information content (AvgIpc) is 2.59. The number of methoxy groups -OCH3 is 1. The topological polar surface area (TPSA) is 59.9 Å². The van der Waals surface area contributed by atoms with Crippen molar-refractivity contribution < 1.29 is 4.74 Å². The maximum absolute atomic E-state index is 11.5. The van der Waals surface area contributed by atoms with E-state index < -0.39 is 0 Å². The fraction of sp³-hybridized carbons (Fsp3) is 0.200. The van der Waals surface area contributed by atoms with E-state index in [1.165, 1.54) is 4.57 Å².